The third-order valence-corrected chi connectivity index (χ3v) is 5.72. The van der Waals surface area contributed by atoms with Gasteiger partial charge < -0.3 is 20.7 Å². The van der Waals surface area contributed by atoms with Crippen LogP contribution in [0.4, 0.5) is 0 Å². The van der Waals surface area contributed by atoms with Crippen LogP contribution in [0.1, 0.15) is 39.5 Å². The summed E-state index contributed by atoms with van der Waals surface area (Å²) in [7, 11) is 4.41. The van der Waals surface area contributed by atoms with Gasteiger partial charge in [0.1, 0.15) is 0 Å². The van der Waals surface area contributed by atoms with Crippen LogP contribution in [0.15, 0.2) is 0 Å². The van der Waals surface area contributed by atoms with E-state index in [4.69, 9.17) is 11.5 Å². The standard InChI is InChI=1S/C16H29N3O2.Y/c1-11(13(17)20)7-15(2)10-19(3,4)9-12(15)8-16(5-6-16)14(18)21;/h11-12H,5-10H2,1-4H3,(H3-,17,18,20,21);. The van der Waals surface area contributed by atoms with Gasteiger partial charge in [0.15, 0.2) is 0 Å². The topological polar surface area (TPSA) is 84.0 Å². The van der Waals surface area contributed by atoms with Crippen LogP contribution in [0.25, 0.3) is 5.73 Å². The van der Waals surface area contributed by atoms with Crippen molar-refractivity contribution in [3.63, 3.8) is 0 Å². The Balaban J connectivity index is 0.00000242. The Hall–Kier alpha value is 0.00390. The molecule has 2 fully saturated rings. The molecule has 2 rings (SSSR count). The number of carbonyl (C=O) groups is 2. The third kappa shape index (κ3) is 4.09. The molecule has 1 saturated carbocycles. The second kappa shape index (κ2) is 6.48. The van der Waals surface area contributed by atoms with Gasteiger partial charge >= 0.3 is 0 Å². The second-order valence-electron chi connectivity index (χ2n) is 8.45. The number of carbonyl (C=O) groups excluding carboxylic acids is 2. The molecule has 1 radical (unpaired) electrons. The van der Waals surface area contributed by atoms with Gasteiger partial charge in [-0.3, -0.25) is 4.79 Å². The first-order valence-electron chi connectivity index (χ1n) is 7.87. The maximum absolute atomic E-state index is 11.6. The fraction of sp³-hybridized carbons (Fsp3) is 0.875. The van der Waals surface area contributed by atoms with Gasteiger partial charge in [0.2, 0.25) is 5.91 Å². The zero-order valence-electron chi connectivity index (χ0n) is 14.3. The van der Waals surface area contributed by atoms with Crippen molar-refractivity contribution in [3.8, 4) is 0 Å². The fourth-order valence-corrected chi connectivity index (χ4v) is 4.48. The predicted molar refractivity (Wildman–Crippen MR) is 82.0 cm³/mol. The van der Waals surface area contributed by atoms with Crippen LogP contribution in [0.3, 0.4) is 0 Å². The zero-order chi connectivity index (χ0) is 16.1. The molecule has 3 unspecified atom stereocenters. The molecule has 0 spiro atoms. The van der Waals surface area contributed by atoms with E-state index in [0.29, 0.717) is 5.92 Å². The quantitative estimate of drug-likeness (QED) is 0.710. The van der Waals surface area contributed by atoms with Gasteiger partial charge in [-0.15, -0.1) is 0 Å². The molecule has 0 aromatic heterocycles. The molecule has 0 aromatic carbocycles. The van der Waals surface area contributed by atoms with E-state index >= 15 is 0 Å². The summed E-state index contributed by atoms with van der Waals surface area (Å²) in [5.74, 6) is -0.404. The molecular weight excluding hydrogens is 355 g/mol. The van der Waals surface area contributed by atoms with Crippen molar-refractivity contribution in [2.45, 2.75) is 39.5 Å². The summed E-state index contributed by atoms with van der Waals surface area (Å²) in [6.45, 7) is 6.13. The first-order chi connectivity index (χ1) is 9.50. The summed E-state index contributed by atoms with van der Waals surface area (Å²) in [6, 6.07) is 0. The number of nitrogens with one attached hydrogen (secondary N) is 1. The Bertz CT molecular complexity index is 462. The molecule has 1 saturated heterocycles. The molecule has 2 amide bonds. The molecule has 1 aliphatic heterocycles. The van der Waals surface area contributed by atoms with Crippen molar-refractivity contribution >= 4 is 11.8 Å². The van der Waals surface area contributed by atoms with Crippen molar-refractivity contribution in [1.82, 2.24) is 0 Å². The number of amides is 2. The molecular formula is C16H29N3O2Y. The van der Waals surface area contributed by atoms with E-state index < -0.39 is 5.91 Å². The molecule has 0 bridgehead atoms. The summed E-state index contributed by atoms with van der Waals surface area (Å²) in [5.41, 5.74) is 12.6. The van der Waals surface area contributed by atoms with Gasteiger partial charge in [-0.25, -0.2) is 0 Å². The van der Waals surface area contributed by atoms with E-state index in [1.54, 1.807) is 0 Å². The van der Waals surface area contributed by atoms with Crippen LogP contribution < -0.4 is 5.73 Å². The van der Waals surface area contributed by atoms with Crippen LogP contribution >= 0.6 is 0 Å². The minimum absolute atomic E-state index is 0. The molecule has 3 N–H and O–H groups in total. The van der Waals surface area contributed by atoms with Gasteiger partial charge in [0, 0.05) is 55.4 Å². The first kappa shape index (κ1) is 20.0. The summed E-state index contributed by atoms with van der Waals surface area (Å²) in [6.07, 6.45) is 3.30. The average molecular weight is 384 g/mol. The number of hydrogen-bond acceptors (Lipinski definition) is 2. The smallest absolute Gasteiger partial charge is 0.220 e. The molecule has 1 aliphatic carbocycles. The van der Waals surface area contributed by atoms with Crippen molar-refractivity contribution in [2.75, 3.05) is 27.2 Å². The van der Waals surface area contributed by atoms with E-state index in [2.05, 4.69) is 21.0 Å². The molecule has 1 heterocycles. The zero-order valence-corrected chi connectivity index (χ0v) is 17.2. The predicted octanol–water partition coefficient (Wildman–Crippen LogP) is 1.96. The number of primary amides is 1. The van der Waals surface area contributed by atoms with Gasteiger partial charge in [-0.1, -0.05) is 13.8 Å². The maximum Gasteiger partial charge on any atom is 0.220 e. The molecule has 6 heteroatoms. The van der Waals surface area contributed by atoms with E-state index in [-0.39, 0.29) is 55.4 Å². The van der Waals surface area contributed by atoms with Gasteiger partial charge in [0.25, 0.3) is 0 Å². The van der Waals surface area contributed by atoms with Crippen LogP contribution in [0.5, 0.6) is 0 Å². The molecule has 5 nitrogen and oxygen atoms in total. The molecule has 2 aliphatic rings. The minimum atomic E-state index is -0.398. The van der Waals surface area contributed by atoms with Crippen molar-refractivity contribution in [2.24, 2.45) is 28.4 Å². The summed E-state index contributed by atoms with van der Waals surface area (Å²) < 4.78 is 0.912. The molecule has 123 valence electrons. The van der Waals surface area contributed by atoms with E-state index in [9.17, 15) is 9.59 Å². The fourth-order valence-electron chi connectivity index (χ4n) is 4.48. The third-order valence-electron chi connectivity index (χ3n) is 5.72. The van der Waals surface area contributed by atoms with E-state index in [0.717, 1.165) is 43.3 Å². The second-order valence-corrected chi connectivity index (χ2v) is 8.45. The van der Waals surface area contributed by atoms with Crippen LogP contribution in [-0.2, 0) is 42.3 Å². The van der Waals surface area contributed by atoms with Crippen LogP contribution in [0.2, 0.25) is 0 Å². The Morgan fingerprint density at radius 3 is 2.32 bits per heavy atom. The van der Waals surface area contributed by atoms with Crippen LogP contribution in [-0.4, -0.2) is 43.5 Å². The summed E-state index contributed by atoms with van der Waals surface area (Å²) >= 11 is 0. The van der Waals surface area contributed by atoms with Crippen molar-refractivity contribution < 1.29 is 46.8 Å². The van der Waals surface area contributed by atoms with Gasteiger partial charge in [-0.05, 0) is 25.7 Å². The number of quaternary nitrogens is 1. The first-order valence-corrected chi connectivity index (χ1v) is 7.87. The Morgan fingerprint density at radius 1 is 1.36 bits per heavy atom. The Kier molecular flexibility index (Phi) is 5.91. The van der Waals surface area contributed by atoms with E-state index in [1.165, 1.54) is 0 Å². The van der Waals surface area contributed by atoms with Crippen LogP contribution in [0, 0.1) is 22.7 Å². The average Bonchev–Trinajstić information content (AvgIpc) is 3.03. The number of likely N-dealkylation sites (tertiary alicyclic amines) is 1. The van der Waals surface area contributed by atoms with Gasteiger partial charge in [-0.2, -0.15) is 0 Å². The number of nitrogens with zero attached hydrogens (tertiary/aromatic N) is 1. The minimum Gasteiger partial charge on any atom is -0.667 e. The maximum atomic E-state index is 11.6. The number of nitrogens with two attached hydrogens (primary N) is 1. The monoisotopic (exact) mass is 384 g/mol. The van der Waals surface area contributed by atoms with E-state index in [1.807, 2.05) is 6.92 Å². The van der Waals surface area contributed by atoms with Crippen molar-refractivity contribution in [1.29, 1.82) is 0 Å². The Morgan fingerprint density at radius 2 is 1.91 bits per heavy atom. The normalized spacial score (nSPS) is 32.8. The SMILES string of the molecule is CC(CC1(C)C[N+](C)(C)CC1CC1(C([NH-])=O)CC1)C(N)=O.[Y]. The molecule has 22 heavy (non-hydrogen) atoms. The van der Waals surface area contributed by atoms with Crippen molar-refractivity contribution in [3.05, 3.63) is 5.73 Å². The van der Waals surface area contributed by atoms with Gasteiger partial charge in [0.05, 0.1) is 33.1 Å². The number of rotatable bonds is 6. The number of hydrogen-bond donors (Lipinski definition) is 1. The summed E-state index contributed by atoms with van der Waals surface area (Å²) in [5, 5.41) is 0. The molecule has 3 atom stereocenters. The molecule has 0 aromatic rings. The Labute approximate surface area is 159 Å². The largest absolute Gasteiger partial charge is 0.667 e. The summed E-state index contributed by atoms with van der Waals surface area (Å²) in [4.78, 5) is 23.0.